The SMILES string of the molecule is CC(F)(CCS(=O)(=O)NCCC[N+](C)(C)Cc1ccccc1)C(F)(F)F. The van der Waals surface area contributed by atoms with Crippen LogP contribution in [0.25, 0.3) is 0 Å². The minimum atomic E-state index is -5.08. The molecular formula is C17H27F4N2O2S+. The summed E-state index contributed by atoms with van der Waals surface area (Å²) in [6, 6.07) is 9.85. The average Bonchev–Trinajstić information content (AvgIpc) is 2.49. The predicted octanol–water partition coefficient (Wildman–Crippen LogP) is 3.25. The molecule has 9 heteroatoms. The highest BCUT2D eigenvalue weighted by Gasteiger charge is 2.52. The first-order chi connectivity index (χ1) is 11.7. The van der Waals surface area contributed by atoms with Gasteiger partial charge in [-0.2, -0.15) is 13.2 Å². The van der Waals surface area contributed by atoms with E-state index in [0.717, 1.165) is 12.1 Å². The molecule has 0 aromatic heterocycles. The maximum Gasteiger partial charge on any atom is 0.422 e. The fraction of sp³-hybridized carbons (Fsp3) is 0.647. The molecular weight excluding hydrogens is 372 g/mol. The van der Waals surface area contributed by atoms with Gasteiger partial charge in [-0.25, -0.2) is 17.5 Å². The summed E-state index contributed by atoms with van der Waals surface area (Å²) in [6.07, 6.45) is -5.69. The van der Waals surface area contributed by atoms with Gasteiger partial charge in [-0.15, -0.1) is 0 Å². The molecule has 0 aliphatic rings. The third-order valence-electron chi connectivity index (χ3n) is 4.15. The summed E-state index contributed by atoms with van der Waals surface area (Å²) in [5.41, 5.74) is -2.36. The third-order valence-corrected chi connectivity index (χ3v) is 5.53. The zero-order valence-electron chi connectivity index (χ0n) is 15.3. The van der Waals surface area contributed by atoms with Crippen molar-refractivity contribution in [1.29, 1.82) is 0 Å². The van der Waals surface area contributed by atoms with Crippen LogP contribution in [0.4, 0.5) is 17.6 Å². The molecule has 0 radical (unpaired) electrons. The fourth-order valence-corrected chi connectivity index (χ4v) is 3.68. The minimum absolute atomic E-state index is 0.105. The Morgan fingerprint density at radius 2 is 1.65 bits per heavy atom. The lowest BCUT2D eigenvalue weighted by Crippen LogP contribution is -2.42. The van der Waals surface area contributed by atoms with Crippen LogP contribution in [0.15, 0.2) is 30.3 Å². The van der Waals surface area contributed by atoms with E-state index in [0.29, 0.717) is 24.4 Å². The molecule has 1 N–H and O–H groups in total. The number of halogens is 4. The van der Waals surface area contributed by atoms with Gasteiger partial charge in [0, 0.05) is 24.9 Å². The Balaban J connectivity index is 2.39. The monoisotopic (exact) mass is 399 g/mol. The van der Waals surface area contributed by atoms with E-state index in [1.807, 2.05) is 44.4 Å². The van der Waals surface area contributed by atoms with Gasteiger partial charge in [-0.05, 0) is 6.92 Å². The molecule has 1 rings (SSSR count). The lowest BCUT2D eigenvalue weighted by Gasteiger charge is -2.30. The molecule has 4 nitrogen and oxygen atoms in total. The van der Waals surface area contributed by atoms with Crippen molar-refractivity contribution in [2.45, 2.75) is 38.2 Å². The first-order valence-electron chi connectivity index (χ1n) is 8.33. The van der Waals surface area contributed by atoms with Crippen LogP contribution < -0.4 is 4.72 Å². The Labute approximate surface area is 152 Å². The van der Waals surface area contributed by atoms with Gasteiger partial charge in [-0.3, -0.25) is 0 Å². The van der Waals surface area contributed by atoms with Crippen LogP contribution in [0, 0.1) is 0 Å². The highest BCUT2D eigenvalue weighted by Crippen LogP contribution is 2.36. The van der Waals surface area contributed by atoms with Gasteiger partial charge in [0.25, 0.3) is 0 Å². The molecule has 0 heterocycles. The zero-order valence-corrected chi connectivity index (χ0v) is 16.1. The van der Waals surface area contributed by atoms with E-state index in [1.165, 1.54) is 0 Å². The smallest absolute Gasteiger partial charge is 0.325 e. The van der Waals surface area contributed by atoms with Crippen molar-refractivity contribution in [3.63, 3.8) is 0 Å². The Morgan fingerprint density at radius 3 is 2.19 bits per heavy atom. The van der Waals surface area contributed by atoms with Crippen LogP contribution in [0.5, 0.6) is 0 Å². The molecule has 0 spiro atoms. The van der Waals surface area contributed by atoms with E-state index in [4.69, 9.17) is 0 Å². The van der Waals surface area contributed by atoms with Gasteiger partial charge in [0.2, 0.25) is 15.7 Å². The van der Waals surface area contributed by atoms with E-state index >= 15 is 0 Å². The number of rotatable bonds is 10. The van der Waals surface area contributed by atoms with Crippen LogP contribution in [0.2, 0.25) is 0 Å². The molecule has 1 aromatic rings. The highest BCUT2D eigenvalue weighted by atomic mass is 32.2. The highest BCUT2D eigenvalue weighted by molar-refractivity contribution is 7.89. The minimum Gasteiger partial charge on any atom is -0.325 e. The topological polar surface area (TPSA) is 46.2 Å². The van der Waals surface area contributed by atoms with Crippen molar-refractivity contribution in [1.82, 2.24) is 4.72 Å². The molecule has 0 bridgehead atoms. The molecule has 0 saturated carbocycles. The van der Waals surface area contributed by atoms with Gasteiger partial charge in [-0.1, -0.05) is 30.3 Å². The number of nitrogens with one attached hydrogen (secondary N) is 1. The second kappa shape index (κ2) is 8.67. The number of hydrogen-bond donors (Lipinski definition) is 1. The number of nitrogens with zero attached hydrogens (tertiary/aromatic N) is 1. The van der Waals surface area contributed by atoms with Crippen LogP contribution in [-0.2, 0) is 16.6 Å². The van der Waals surface area contributed by atoms with Gasteiger partial charge < -0.3 is 4.48 Å². The first kappa shape index (κ1) is 22.9. The molecule has 0 aliphatic carbocycles. The molecule has 26 heavy (non-hydrogen) atoms. The molecule has 0 amide bonds. The summed E-state index contributed by atoms with van der Waals surface area (Å²) >= 11 is 0. The molecule has 1 atom stereocenters. The second-order valence-electron chi connectivity index (χ2n) is 7.32. The van der Waals surface area contributed by atoms with Gasteiger partial charge >= 0.3 is 6.18 Å². The Kier molecular flexibility index (Phi) is 7.62. The maximum absolute atomic E-state index is 13.5. The summed E-state index contributed by atoms with van der Waals surface area (Å²) in [5.74, 6) is -0.901. The molecule has 0 fully saturated rings. The standard InChI is InChI=1S/C17H27F4N2O2S/c1-16(18,17(19,20)21)10-13-26(24,25)22-11-7-12-23(2,3)14-15-8-5-4-6-9-15/h4-6,8-9,22H,7,10-14H2,1-3H3/q+1. The largest absolute Gasteiger partial charge is 0.422 e. The van der Waals surface area contributed by atoms with Crippen molar-refractivity contribution in [2.24, 2.45) is 0 Å². The van der Waals surface area contributed by atoms with Crippen LogP contribution in [0.1, 0.15) is 25.3 Å². The molecule has 1 unspecified atom stereocenters. The van der Waals surface area contributed by atoms with Crippen molar-refractivity contribution in [3.8, 4) is 0 Å². The Bertz CT molecular complexity index is 659. The fourth-order valence-electron chi connectivity index (χ4n) is 2.43. The van der Waals surface area contributed by atoms with Crippen molar-refractivity contribution in [2.75, 3.05) is 32.9 Å². The molecule has 150 valence electrons. The lowest BCUT2D eigenvalue weighted by atomic mass is 10.1. The summed E-state index contributed by atoms with van der Waals surface area (Å²) in [4.78, 5) is 0. The average molecular weight is 399 g/mol. The second-order valence-corrected chi connectivity index (χ2v) is 9.24. The number of hydrogen-bond acceptors (Lipinski definition) is 2. The summed E-state index contributed by atoms with van der Waals surface area (Å²) < 4.78 is 77.2. The summed E-state index contributed by atoms with van der Waals surface area (Å²) in [5, 5.41) is 0. The van der Waals surface area contributed by atoms with Crippen molar-refractivity contribution >= 4 is 10.0 Å². The lowest BCUT2D eigenvalue weighted by molar-refractivity contribution is -0.903. The van der Waals surface area contributed by atoms with E-state index in [2.05, 4.69) is 4.72 Å². The third kappa shape index (κ3) is 8.01. The van der Waals surface area contributed by atoms with Gasteiger partial charge in [0.15, 0.2) is 0 Å². The first-order valence-corrected chi connectivity index (χ1v) is 9.98. The number of sulfonamides is 1. The van der Waals surface area contributed by atoms with Crippen molar-refractivity contribution in [3.05, 3.63) is 35.9 Å². The van der Waals surface area contributed by atoms with Crippen LogP contribution in [0.3, 0.4) is 0 Å². The van der Waals surface area contributed by atoms with E-state index in [9.17, 15) is 26.0 Å². The van der Waals surface area contributed by atoms with Gasteiger partial charge in [0.05, 0.1) is 26.4 Å². The summed E-state index contributed by atoms with van der Waals surface area (Å²) in [7, 11) is 0.0779. The zero-order chi connectivity index (χ0) is 20.1. The number of benzene rings is 1. The van der Waals surface area contributed by atoms with E-state index in [1.54, 1.807) is 0 Å². The van der Waals surface area contributed by atoms with Crippen LogP contribution in [-0.4, -0.2) is 57.7 Å². The molecule has 0 saturated heterocycles. The van der Waals surface area contributed by atoms with Crippen molar-refractivity contribution < 1.29 is 30.5 Å². The quantitative estimate of drug-likeness (QED) is 0.373. The van der Waals surface area contributed by atoms with E-state index < -0.39 is 34.0 Å². The molecule has 0 aliphatic heterocycles. The van der Waals surface area contributed by atoms with Crippen LogP contribution >= 0.6 is 0 Å². The normalized spacial score (nSPS) is 15.7. The number of alkyl halides is 4. The molecule has 1 aromatic carbocycles. The maximum atomic E-state index is 13.5. The van der Waals surface area contributed by atoms with E-state index in [-0.39, 0.29) is 6.54 Å². The predicted molar refractivity (Wildman–Crippen MR) is 93.7 cm³/mol. The summed E-state index contributed by atoms with van der Waals surface area (Å²) in [6.45, 7) is 1.92. The Hall–Kier alpha value is -1.19. The number of quaternary nitrogens is 1. The Morgan fingerprint density at radius 1 is 1.08 bits per heavy atom. The van der Waals surface area contributed by atoms with Gasteiger partial charge in [0.1, 0.15) is 6.54 Å².